The van der Waals surface area contributed by atoms with Gasteiger partial charge >= 0.3 is 11.9 Å². The van der Waals surface area contributed by atoms with Crippen molar-refractivity contribution in [3.63, 3.8) is 0 Å². The quantitative estimate of drug-likeness (QED) is 0.229. The molecule has 3 aromatic carbocycles. The molecule has 0 N–H and O–H groups in total. The molecular formula is C29H26N2O8. The Morgan fingerprint density at radius 2 is 1.54 bits per heavy atom. The summed E-state index contributed by atoms with van der Waals surface area (Å²) in [5.74, 6) is -1.02. The maximum absolute atomic E-state index is 13.3. The molecule has 0 radical (unpaired) electrons. The summed E-state index contributed by atoms with van der Waals surface area (Å²) in [5.41, 5.74) is 1.47. The number of ether oxygens (including phenoxy) is 4. The molecule has 0 spiro atoms. The van der Waals surface area contributed by atoms with E-state index in [2.05, 4.69) is 0 Å². The van der Waals surface area contributed by atoms with Crippen molar-refractivity contribution in [1.82, 2.24) is 0 Å². The summed E-state index contributed by atoms with van der Waals surface area (Å²) in [5, 5.41) is 11.2. The molecule has 1 heterocycles. The van der Waals surface area contributed by atoms with Crippen molar-refractivity contribution in [2.75, 3.05) is 26.2 Å². The van der Waals surface area contributed by atoms with E-state index in [1.54, 1.807) is 35.2 Å². The van der Waals surface area contributed by atoms with Crippen molar-refractivity contribution >= 4 is 29.4 Å². The first kappa shape index (κ1) is 27.1. The highest BCUT2D eigenvalue weighted by atomic mass is 16.6. The van der Waals surface area contributed by atoms with Gasteiger partial charge in [-0.15, -0.1) is 0 Å². The van der Waals surface area contributed by atoms with Crippen LogP contribution >= 0.6 is 0 Å². The van der Waals surface area contributed by atoms with Crippen LogP contribution in [0.2, 0.25) is 0 Å². The minimum atomic E-state index is -1.10. The Labute approximate surface area is 224 Å². The van der Waals surface area contributed by atoms with Crippen molar-refractivity contribution in [3.8, 4) is 5.75 Å². The largest absolute Gasteiger partial charge is 0.497 e. The van der Waals surface area contributed by atoms with Gasteiger partial charge in [-0.2, -0.15) is 0 Å². The zero-order valence-electron chi connectivity index (χ0n) is 21.5. The zero-order chi connectivity index (χ0) is 27.9. The van der Waals surface area contributed by atoms with Crippen LogP contribution in [-0.2, 0) is 23.8 Å². The molecule has 0 bridgehead atoms. The Morgan fingerprint density at radius 1 is 0.897 bits per heavy atom. The summed E-state index contributed by atoms with van der Waals surface area (Å²) in [6.07, 6.45) is 1.56. The summed E-state index contributed by atoms with van der Waals surface area (Å²) in [7, 11) is 3.94. The van der Waals surface area contributed by atoms with Gasteiger partial charge in [-0.3, -0.25) is 10.1 Å². The van der Waals surface area contributed by atoms with E-state index < -0.39 is 29.2 Å². The fraction of sp³-hybridized carbons (Fsp3) is 0.172. The lowest BCUT2D eigenvalue weighted by Gasteiger charge is -2.41. The van der Waals surface area contributed by atoms with Gasteiger partial charge < -0.3 is 23.8 Å². The van der Waals surface area contributed by atoms with Crippen molar-refractivity contribution in [2.24, 2.45) is 0 Å². The number of methoxy groups -OCH3 is 3. The highest BCUT2D eigenvalue weighted by Crippen LogP contribution is 2.41. The van der Waals surface area contributed by atoms with Crippen molar-refractivity contribution in [3.05, 3.63) is 117 Å². The number of carbonyl (C=O) groups excluding carboxylic acids is 2. The Kier molecular flexibility index (Phi) is 8.37. The molecule has 2 atom stereocenters. The Balaban J connectivity index is 1.95. The molecule has 0 unspecified atom stereocenters. The number of anilines is 1. The van der Waals surface area contributed by atoms with E-state index in [4.69, 9.17) is 18.9 Å². The molecule has 0 aromatic heterocycles. The van der Waals surface area contributed by atoms with E-state index in [1.165, 1.54) is 45.6 Å². The van der Waals surface area contributed by atoms with Crippen LogP contribution in [-0.4, -0.2) is 44.4 Å². The van der Waals surface area contributed by atoms with Gasteiger partial charge in [0.25, 0.3) is 5.69 Å². The predicted molar refractivity (Wildman–Crippen MR) is 143 cm³/mol. The molecule has 0 amide bonds. The van der Waals surface area contributed by atoms with Gasteiger partial charge in [-0.05, 0) is 53.6 Å². The number of nitrogens with zero attached hydrogens (tertiary/aromatic N) is 2. The Morgan fingerprint density at radius 3 is 2.10 bits per heavy atom. The second-order valence-corrected chi connectivity index (χ2v) is 8.34. The van der Waals surface area contributed by atoms with Crippen LogP contribution in [0.3, 0.4) is 0 Å². The van der Waals surface area contributed by atoms with E-state index in [0.717, 1.165) is 5.56 Å². The van der Waals surface area contributed by atoms with E-state index in [9.17, 15) is 19.7 Å². The van der Waals surface area contributed by atoms with E-state index in [-0.39, 0.29) is 17.0 Å². The van der Waals surface area contributed by atoms with Gasteiger partial charge in [0.2, 0.25) is 0 Å². The summed E-state index contributed by atoms with van der Waals surface area (Å²) >= 11 is 0. The highest BCUT2D eigenvalue weighted by Gasteiger charge is 2.43. The lowest BCUT2D eigenvalue weighted by Crippen LogP contribution is -2.46. The fourth-order valence-electron chi connectivity index (χ4n) is 4.19. The molecule has 0 aliphatic carbocycles. The number of nitro groups is 1. The molecular weight excluding hydrogens is 504 g/mol. The molecule has 10 nitrogen and oxygen atoms in total. The van der Waals surface area contributed by atoms with Crippen LogP contribution in [0, 0.1) is 10.1 Å². The second-order valence-electron chi connectivity index (χ2n) is 8.34. The molecule has 0 saturated carbocycles. The van der Waals surface area contributed by atoms with Gasteiger partial charge in [-0.25, -0.2) is 9.59 Å². The molecule has 4 rings (SSSR count). The van der Waals surface area contributed by atoms with Crippen molar-refractivity contribution in [1.29, 1.82) is 0 Å². The molecule has 3 aromatic rings. The number of hydrogen-bond acceptors (Lipinski definition) is 9. The minimum Gasteiger partial charge on any atom is -0.497 e. The van der Waals surface area contributed by atoms with Gasteiger partial charge in [0, 0.05) is 17.8 Å². The molecule has 39 heavy (non-hydrogen) atoms. The fourth-order valence-corrected chi connectivity index (χ4v) is 4.19. The maximum Gasteiger partial charge on any atom is 0.355 e. The number of benzene rings is 3. The smallest absolute Gasteiger partial charge is 0.355 e. The monoisotopic (exact) mass is 530 g/mol. The molecule has 0 saturated heterocycles. The summed E-state index contributed by atoms with van der Waals surface area (Å²) < 4.78 is 21.9. The molecule has 200 valence electrons. The van der Waals surface area contributed by atoms with Crippen LogP contribution in [0.4, 0.5) is 11.4 Å². The number of hydrogen-bond donors (Lipinski definition) is 0. The van der Waals surface area contributed by atoms with Gasteiger partial charge in [0.05, 0.1) is 26.3 Å². The lowest BCUT2D eigenvalue weighted by atomic mass is 9.96. The van der Waals surface area contributed by atoms with Gasteiger partial charge in [0.15, 0.2) is 6.23 Å². The summed E-state index contributed by atoms with van der Waals surface area (Å²) in [6.45, 7) is 0. The molecule has 10 heteroatoms. The zero-order valence-corrected chi connectivity index (χ0v) is 21.5. The maximum atomic E-state index is 13.3. The van der Waals surface area contributed by atoms with Crippen LogP contribution in [0.25, 0.3) is 6.08 Å². The van der Waals surface area contributed by atoms with Crippen LogP contribution in [0.1, 0.15) is 17.2 Å². The van der Waals surface area contributed by atoms with E-state index in [0.29, 0.717) is 17.0 Å². The Hall–Kier alpha value is -4.96. The standard InChI is InChI=1S/C29H26N2O8/c1-36-23-16-14-21(15-17-23)30-24(18-9-19-7-5-4-6-8-19)39-27(20-10-12-22(13-11-20)31(34)35)25(28(32)37-2)26(30)29(33)38-3/h4-18,24,27H,1-3H3/b18-9+/t24-,27+/m1/s1. The number of nitro benzene ring substituents is 1. The van der Waals surface area contributed by atoms with Crippen LogP contribution < -0.4 is 9.64 Å². The molecule has 0 fully saturated rings. The third-order valence-corrected chi connectivity index (χ3v) is 6.08. The SMILES string of the molecule is COC(=O)C1=C(C(=O)OC)N(c2ccc(OC)cc2)[C@@H](/C=C/c2ccccc2)O[C@H]1c1ccc([N+](=O)[O-])cc1. The number of rotatable bonds is 8. The number of esters is 2. The van der Waals surface area contributed by atoms with Crippen molar-refractivity contribution < 1.29 is 33.5 Å². The minimum absolute atomic E-state index is 0.0909. The van der Waals surface area contributed by atoms with E-state index >= 15 is 0 Å². The number of carbonyl (C=O) groups is 2. The topological polar surface area (TPSA) is 117 Å². The van der Waals surface area contributed by atoms with Gasteiger partial charge in [0.1, 0.15) is 23.1 Å². The highest BCUT2D eigenvalue weighted by molar-refractivity contribution is 6.04. The third kappa shape index (κ3) is 5.81. The summed E-state index contributed by atoms with van der Waals surface area (Å²) in [6, 6.07) is 21.9. The summed E-state index contributed by atoms with van der Waals surface area (Å²) in [4.78, 5) is 38.7. The van der Waals surface area contributed by atoms with Crippen LogP contribution in [0.5, 0.6) is 5.75 Å². The molecule has 1 aliphatic rings. The average molecular weight is 531 g/mol. The molecule has 1 aliphatic heterocycles. The second kappa shape index (κ2) is 12.1. The average Bonchev–Trinajstić information content (AvgIpc) is 2.99. The Bertz CT molecular complexity index is 1400. The first-order valence-electron chi connectivity index (χ1n) is 11.8. The predicted octanol–water partition coefficient (Wildman–Crippen LogP) is 4.82. The normalized spacial score (nSPS) is 17.2. The first-order valence-corrected chi connectivity index (χ1v) is 11.8. The third-order valence-electron chi connectivity index (χ3n) is 6.08. The first-order chi connectivity index (χ1) is 18.9. The lowest BCUT2D eigenvalue weighted by molar-refractivity contribution is -0.384. The van der Waals surface area contributed by atoms with Gasteiger partial charge in [-0.1, -0.05) is 36.4 Å². The van der Waals surface area contributed by atoms with Crippen LogP contribution in [0.15, 0.2) is 96.2 Å². The number of non-ortho nitro benzene ring substituents is 1. The van der Waals surface area contributed by atoms with Crippen molar-refractivity contribution in [2.45, 2.75) is 12.3 Å². The van der Waals surface area contributed by atoms with E-state index in [1.807, 2.05) is 36.4 Å².